The molecule has 2 nitrogen and oxygen atoms in total. The summed E-state index contributed by atoms with van der Waals surface area (Å²) < 4.78 is 1.33. The van der Waals surface area contributed by atoms with Crippen LogP contribution < -0.4 is 5.73 Å². The normalized spacial score (nSPS) is 17.5. The summed E-state index contributed by atoms with van der Waals surface area (Å²) in [7, 11) is 0. The summed E-state index contributed by atoms with van der Waals surface area (Å²) in [4.78, 5) is 4.77. The van der Waals surface area contributed by atoms with Gasteiger partial charge in [0.25, 0.3) is 0 Å². The number of fused-ring (bicyclic) bond motifs is 1. The Kier molecular flexibility index (Phi) is 2.89. The van der Waals surface area contributed by atoms with Gasteiger partial charge in [0.2, 0.25) is 0 Å². The first kappa shape index (κ1) is 11.2. The molecule has 3 heteroatoms. The second-order valence-electron chi connectivity index (χ2n) is 5.03. The van der Waals surface area contributed by atoms with Gasteiger partial charge in [-0.1, -0.05) is 13.0 Å². The van der Waals surface area contributed by atoms with E-state index in [1.807, 2.05) is 11.3 Å². The topological polar surface area (TPSA) is 38.9 Å². The average Bonchev–Trinajstić information content (AvgIpc) is 3.08. The van der Waals surface area contributed by atoms with Crippen LogP contribution in [-0.4, -0.2) is 11.5 Å². The third kappa shape index (κ3) is 2.22. The smallest absolute Gasteiger partial charge is 0.0969 e. The van der Waals surface area contributed by atoms with Crippen molar-refractivity contribution in [3.8, 4) is 0 Å². The Bertz CT molecular complexity index is 528. The Hall–Kier alpha value is -0.930. The first-order valence-corrected chi connectivity index (χ1v) is 7.20. The van der Waals surface area contributed by atoms with Gasteiger partial charge in [-0.05, 0) is 49.4 Å². The molecule has 90 valence electrons. The van der Waals surface area contributed by atoms with E-state index in [-0.39, 0.29) is 0 Å². The molecule has 0 spiro atoms. The summed E-state index contributed by atoms with van der Waals surface area (Å²) in [5, 5.41) is 1.34. The van der Waals surface area contributed by atoms with Crippen LogP contribution in [0.1, 0.15) is 48.6 Å². The molecule has 1 unspecified atom stereocenters. The Morgan fingerprint density at radius 3 is 3.00 bits per heavy atom. The summed E-state index contributed by atoms with van der Waals surface area (Å²) in [5.74, 6) is 1.30. The molecule has 3 rings (SSSR count). The Labute approximate surface area is 106 Å². The number of hydrogen-bond acceptors (Lipinski definition) is 3. The van der Waals surface area contributed by atoms with E-state index >= 15 is 0 Å². The average molecular weight is 246 g/mol. The van der Waals surface area contributed by atoms with E-state index in [2.05, 4.69) is 25.1 Å². The summed E-state index contributed by atoms with van der Waals surface area (Å²) >= 11 is 1.87. The largest absolute Gasteiger partial charge is 0.330 e. The van der Waals surface area contributed by atoms with Crippen molar-refractivity contribution in [3.63, 3.8) is 0 Å². The van der Waals surface area contributed by atoms with Crippen LogP contribution in [-0.2, 0) is 0 Å². The summed E-state index contributed by atoms with van der Waals surface area (Å²) in [6, 6.07) is 6.71. The number of rotatable bonds is 4. The maximum absolute atomic E-state index is 5.62. The standard InChI is InChI=1S/C14H18N2S/c1-9(6-7-15)11-4-5-13-12(8-11)16-14(17-13)10-2-3-10/h4-5,8-10H,2-3,6-7,15H2,1H3. The summed E-state index contributed by atoms with van der Waals surface area (Å²) in [5.41, 5.74) is 8.17. The molecule has 0 amide bonds. The van der Waals surface area contributed by atoms with E-state index < -0.39 is 0 Å². The molecule has 2 aromatic rings. The fourth-order valence-electron chi connectivity index (χ4n) is 2.19. The van der Waals surface area contributed by atoms with E-state index in [9.17, 15) is 0 Å². The predicted molar refractivity (Wildman–Crippen MR) is 73.7 cm³/mol. The minimum absolute atomic E-state index is 0.537. The molecule has 1 aliphatic carbocycles. The quantitative estimate of drug-likeness (QED) is 0.894. The van der Waals surface area contributed by atoms with Gasteiger partial charge in [0, 0.05) is 5.92 Å². The molecule has 1 aliphatic rings. The lowest BCUT2D eigenvalue weighted by Crippen LogP contribution is -2.04. The molecular formula is C14H18N2S. The van der Waals surface area contributed by atoms with E-state index in [0.29, 0.717) is 5.92 Å². The molecule has 1 aromatic heterocycles. The van der Waals surface area contributed by atoms with E-state index in [0.717, 1.165) is 18.9 Å². The molecule has 0 radical (unpaired) electrons. The van der Waals surface area contributed by atoms with Crippen LogP contribution in [0.15, 0.2) is 18.2 Å². The van der Waals surface area contributed by atoms with Crippen molar-refractivity contribution < 1.29 is 0 Å². The molecule has 1 aromatic carbocycles. The van der Waals surface area contributed by atoms with Crippen LogP contribution in [0.2, 0.25) is 0 Å². The lowest BCUT2D eigenvalue weighted by molar-refractivity contribution is 0.691. The van der Waals surface area contributed by atoms with E-state index in [4.69, 9.17) is 10.7 Å². The van der Waals surface area contributed by atoms with Crippen molar-refractivity contribution in [1.29, 1.82) is 0 Å². The first-order chi connectivity index (χ1) is 8.28. The monoisotopic (exact) mass is 246 g/mol. The van der Waals surface area contributed by atoms with E-state index in [1.165, 1.54) is 33.6 Å². The van der Waals surface area contributed by atoms with Crippen molar-refractivity contribution in [2.45, 2.75) is 38.0 Å². The number of nitrogens with zero attached hydrogens (tertiary/aromatic N) is 1. The van der Waals surface area contributed by atoms with Crippen molar-refractivity contribution in [1.82, 2.24) is 4.98 Å². The lowest BCUT2D eigenvalue weighted by atomic mass is 9.98. The van der Waals surface area contributed by atoms with Crippen LogP contribution >= 0.6 is 11.3 Å². The van der Waals surface area contributed by atoms with Gasteiger partial charge in [-0.2, -0.15) is 0 Å². The van der Waals surface area contributed by atoms with Gasteiger partial charge in [0.15, 0.2) is 0 Å². The minimum atomic E-state index is 0.537. The number of aromatic nitrogens is 1. The van der Waals surface area contributed by atoms with Crippen molar-refractivity contribution in [2.75, 3.05) is 6.54 Å². The van der Waals surface area contributed by atoms with Gasteiger partial charge in [0.1, 0.15) is 0 Å². The predicted octanol–water partition coefficient (Wildman–Crippen LogP) is 3.63. The fourth-order valence-corrected chi connectivity index (χ4v) is 3.31. The Balaban J connectivity index is 1.94. The first-order valence-electron chi connectivity index (χ1n) is 6.38. The molecule has 1 atom stereocenters. The highest BCUT2D eigenvalue weighted by Crippen LogP contribution is 2.43. The highest BCUT2D eigenvalue weighted by atomic mass is 32.1. The number of thiazole rings is 1. The maximum Gasteiger partial charge on any atom is 0.0969 e. The zero-order chi connectivity index (χ0) is 11.8. The van der Waals surface area contributed by atoms with Gasteiger partial charge in [-0.25, -0.2) is 4.98 Å². The molecule has 0 aliphatic heterocycles. The third-order valence-corrected chi connectivity index (χ3v) is 4.72. The molecule has 0 bridgehead atoms. The third-order valence-electron chi connectivity index (χ3n) is 3.52. The highest BCUT2D eigenvalue weighted by molar-refractivity contribution is 7.18. The Morgan fingerprint density at radius 2 is 2.29 bits per heavy atom. The highest BCUT2D eigenvalue weighted by Gasteiger charge is 2.27. The van der Waals surface area contributed by atoms with Gasteiger partial charge in [-0.3, -0.25) is 0 Å². The van der Waals surface area contributed by atoms with Crippen molar-refractivity contribution in [2.24, 2.45) is 5.73 Å². The molecular weight excluding hydrogens is 228 g/mol. The minimum Gasteiger partial charge on any atom is -0.330 e. The molecule has 1 heterocycles. The van der Waals surface area contributed by atoms with Gasteiger partial charge < -0.3 is 5.73 Å². The molecule has 1 fully saturated rings. The number of benzene rings is 1. The Morgan fingerprint density at radius 1 is 1.47 bits per heavy atom. The van der Waals surface area contributed by atoms with Gasteiger partial charge in [-0.15, -0.1) is 11.3 Å². The molecule has 0 saturated heterocycles. The second-order valence-corrected chi connectivity index (χ2v) is 6.09. The zero-order valence-electron chi connectivity index (χ0n) is 10.1. The second kappa shape index (κ2) is 4.39. The number of nitrogens with two attached hydrogens (primary N) is 1. The number of hydrogen-bond donors (Lipinski definition) is 1. The van der Waals surface area contributed by atoms with Gasteiger partial charge >= 0.3 is 0 Å². The van der Waals surface area contributed by atoms with Crippen LogP contribution in [0.3, 0.4) is 0 Å². The van der Waals surface area contributed by atoms with Crippen molar-refractivity contribution >= 4 is 21.6 Å². The molecule has 17 heavy (non-hydrogen) atoms. The summed E-state index contributed by atoms with van der Waals surface area (Å²) in [6.45, 7) is 2.99. The maximum atomic E-state index is 5.62. The van der Waals surface area contributed by atoms with E-state index in [1.54, 1.807) is 0 Å². The summed E-state index contributed by atoms with van der Waals surface area (Å²) in [6.07, 6.45) is 3.71. The fraction of sp³-hybridized carbons (Fsp3) is 0.500. The van der Waals surface area contributed by atoms with Crippen LogP contribution in [0, 0.1) is 0 Å². The van der Waals surface area contributed by atoms with Crippen molar-refractivity contribution in [3.05, 3.63) is 28.8 Å². The van der Waals surface area contributed by atoms with Crippen LogP contribution in [0.4, 0.5) is 0 Å². The van der Waals surface area contributed by atoms with Crippen LogP contribution in [0.25, 0.3) is 10.2 Å². The SMILES string of the molecule is CC(CCN)c1ccc2sc(C3CC3)nc2c1. The molecule has 1 saturated carbocycles. The zero-order valence-corrected chi connectivity index (χ0v) is 11.0. The lowest BCUT2D eigenvalue weighted by Gasteiger charge is -2.09. The van der Waals surface area contributed by atoms with Gasteiger partial charge in [0.05, 0.1) is 15.2 Å². The van der Waals surface area contributed by atoms with Crippen LogP contribution in [0.5, 0.6) is 0 Å². The molecule has 2 N–H and O–H groups in total.